The number of carbonyl (C=O) groups excluding carboxylic acids is 3. The molecule has 1 fully saturated rings. The zero-order chi connectivity index (χ0) is 15.0. The van der Waals surface area contributed by atoms with E-state index in [-0.39, 0.29) is 29.3 Å². The number of hydrogen-bond acceptors (Lipinski definition) is 4. The Hall–Kier alpha value is -2.37. The monoisotopic (exact) mass is 287 g/mol. The minimum absolute atomic E-state index is 0.178. The van der Waals surface area contributed by atoms with Gasteiger partial charge in [-0.2, -0.15) is 0 Å². The number of anilines is 1. The zero-order valence-electron chi connectivity index (χ0n) is 11.7. The van der Waals surface area contributed by atoms with Gasteiger partial charge in [-0.25, -0.2) is 0 Å². The normalized spacial score (nSPS) is 18.1. The molecule has 1 aromatic rings. The van der Waals surface area contributed by atoms with Gasteiger partial charge in [0.15, 0.2) is 0 Å². The molecular weight excluding hydrogens is 270 g/mol. The quantitative estimate of drug-likeness (QED) is 0.646. The first-order chi connectivity index (χ1) is 10.1. The molecule has 0 unspecified atom stereocenters. The molecule has 1 saturated heterocycles. The first-order valence-corrected chi connectivity index (χ1v) is 7.12. The van der Waals surface area contributed by atoms with Crippen LogP contribution in [-0.4, -0.2) is 47.2 Å². The van der Waals surface area contributed by atoms with Gasteiger partial charge in [-0.15, -0.1) is 0 Å². The van der Waals surface area contributed by atoms with Crippen molar-refractivity contribution in [2.75, 3.05) is 25.4 Å². The topological polar surface area (TPSA) is 83.7 Å². The second-order valence-corrected chi connectivity index (χ2v) is 5.41. The summed E-state index contributed by atoms with van der Waals surface area (Å²) >= 11 is 0. The Morgan fingerprint density at radius 1 is 1.10 bits per heavy atom. The minimum Gasteiger partial charge on any atom is -0.398 e. The number of carbonyl (C=O) groups is 3. The summed E-state index contributed by atoms with van der Waals surface area (Å²) in [5.74, 6) is -1.09. The van der Waals surface area contributed by atoms with E-state index >= 15 is 0 Å². The summed E-state index contributed by atoms with van der Waals surface area (Å²) in [6.45, 7) is 1.19. The van der Waals surface area contributed by atoms with Crippen LogP contribution in [0.5, 0.6) is 0 Å². The lowest BCUT2D eigenvalue weighted by molar-refractivity contribution is -0.132. The van der Waals surface area contributed by atoms with Crippen molar-refractivity contribution < 1.29 is 14.4 Å². The van der Waals surface area contributed by atoms with Crippen LogP contribution >= 0.6 is 0 Å². The Balaban J connectivity index is 1.79. The van der Waals surface area contributed by atoms with Crippen molar-refractivity contribution in [2.45, 2.75) is 19.3 Å². The molecule has 0 saturated carbocycles. The maximum Gasteiger partial charge on any atom is 0.264 e. The highest BCUT2D eigenvalue weighted by atomic mass is 16.2. The van der Waals surface area contributed by atoms with Crippen LogP contribution in [0.4, 0.5) is 5.69 Å². The van der Waals surface area contributed by atoms with E-state index in [9.17, 15) is 14.4 Å². The molecule has 2 N–H and O–H groups in total. The fourth-order valence-electron chi connectivity index (χ4n) is 2.88. The summed E-state index contributed by atoms with van der Waals surface area (Å²) in [6, 6.07) is 4.78. The fourth-order valence-corrected chi connectivity index (χ4v) is 2.88. The van der Waals surface area contributed by atoms with Crippen molar-refractivity contribution in [3.63, 3.8) is 0 Å². The van der Waals surface area contributed by atoms with Gasteiger partial charge >= 0.3 is 0 Å². The van der Waals surface area contributed by atoms with Gasteiger partial charge in [0.2, 0.25) is 5.91 Å². The number of rotatable bonds is 2. The maximum atomic E-state index is 12.3. The summed E-state index contributed by atoms with van der Waals surface area (Å²) < 4.78 is 0. The molecule has 2 heterocycles. The molecule has 0 aliphatic carbocycles. The first-order valence-electron chi connectivity index (χ1n) is 7.12. The number of benzene rings is 1. The molecule has 6 nitrogen and oxygen atoms in total. The van der Waals surface area contributed by atoms with Crippen LogP contribution in [0.15, 0.2) is 18.2 Å². The third-order valence-electron chi connectivity index (χ3n) is 4.03. The molecule has 0 aromatic heterocycles. The number of amides is 3. The van der Waals surface area contributed by atoms with E-state index in [1.54, 1.807) is 23.1 Å². The predicted octanol–water partition coefficient (Wildman–Crippen LogP) is 0.877. The van der Waals surface area contributed by atoms with Crippen LogP contribution in [0.1, 0.15) is 40.0 Å². The van der Waals surface area contributed by atoms with Crippen molar-refractivity contribution in [1.29, 1.82) is 0 Å². The number of hydrogen-bond donors (Lipinski definition) is 1. The number of nitrogen functional groups attached to an aromatic ring is 1. The third-order valence-corrected chi connectivity index (χ3v) is 4.03. The molecule has 1 aromatic carbocycles. The summed E-state index contributed by atoms with van der Waals surface area (Å²) in [5, 5.41) is 0. The molecule has 2 aliphatic heterocycles. The van der Waals surface area contributed by atoms with E-state index in [1.165, 1.54) is 0 Å². The van der Waals surface area contributed by atoms with Crippen molar-refractivity contribution >= 4 is 23.4 Å². The van der Waals surface area contributed by atoms with Gasteiger partial charge in [0.05, 0.1) is 11.1 Å². The first kappa shape index (κ1) is 13.6. The molecular formula is C15H17N3O3. The number of nitrogens with two attached hydrogens (primary N) is 1. The second-order valence-electron chi connectivity index (χ2n) is 5.41. The molecule has 0 spiro atoms. The van der Waals surface area contributed by atoms with Gasteiger partial charge in [0.25, 0.3) is 11.8 Å². The molecule has 6 heteroatoms. The van der Waals surface area contributed by atoms with E-state index in [2.05, 4.69) is 0 Å². The van der Waals surface area contributed by atoms with E-state index < -0.39 is 11.8 Å². The summed E-state index contributed by atoms with van der Waals surface area (Å²) in [5.41, 5.74) is 6.54. The van der Waals surface area contributed by atoms with Crippen LogP contribution in [0.2, 0.25) is 0 Å². The van der Waals surface area contributed by atoms with Gasteiger partial charge in [-0.1, -0.05) is 6.07 Å². The molecule has 3 amide bonds. The predicted molar refractivity (Wildman–Crippen MR) is 76.7 cm³/mol. The average Bonchev–Trinajstić information content (AvgIpc) is 2.74. The molecule has 0 bridgehead atoms. The Bertz CT molecular complexity index is 621. The van der Waals surface area contributed by atoms with E-state index in [4.69, 9.17) is 5.73 Å². The zero-order valence-corrected chi connectivity index (χ0v) is 11.7. The Kier molecular flexibility index (Phi) is 3.37. The van der Waals surface area contributed by atoms with Crippen LogP contribution in [0.25, 0.3) is 0 Å². The second kappa shape index (κ2) is 5.20. The van der Waals surface area contributed by atoms with Crippen molar-refractivity contribution in [1.82, 2.24) is 9.80 Å². The minimum atomic E-state index is -0.474. The van der Waals surface area contributed by atoms with Gasteiger partial charge in [-0.3, -0.25) is 19.3 Å². The van der Waals surface area contributed by atoms with Crippen LogP contribution in [-0.2, 0) is 4.79 Å². The highest BCUT2D eigenvalue weighted by molar-refractivity contribution is 6.24. The van der Waals surface area contributed by atoms with Gasteiger partial charge < -0.3 is 10.6 Å². The number of likely N-dealkylation sites (tertiary alicyclic amines) is 1. The lowest BCUT2D eigenvalue weighted by atomic mass is 10.1. The number of piperidine rings is 1. The molecule has 0 radical (unpaired) electrons. The molecule has 110 valence electrons. The maximum absolute atomic E-state index is 12.3. The highest BCUT2D eigenvalue weighted by Crippen LogP contribution is 2.27. The Morgan fingerprint density at radius 2 is 1.81 bits per heavy atom. The summed E-state index contributed by atoms with van der Waals surface area (Å²) in [6.07, 6.45) is 3.06. The van der Waals surface area contributed by atoms with Crippen LogP contribution in [0, 0.1) is 0 Å². The van der Waals surface area contributed by atoms with Gasteiger partial charge in [0.1, 0.15) is 6.54 Å². The Labute approximate surface area is 122 Å². The van der Waals surface area contributed by atoms with E-state index in [1.807, 2.05) is 0 Å². The standard InChI is InChI=1S/C15H17N3O3/c16-11-6-4-5-10-13(11)15(21)18(14(10)20)9-12(19)17-7-2-1-3-8-17/h4-6H,1-3,7-9,16H2. The molecule has 0 atom stereocenters. The number of imide groups is 1. The van der Waals surface area contributed by atoms with Crippen molar-refractivity contribution in [3.8, 4) is 0 Å². The molecule has 2 aliphatic rings. The number of fused-ring (bicyclic) bond motifs is 1. The SMILES string of the molecule is Nc1cccc2c1C(=O)N(CC(=O)N1CCCCC1)C2=O. The largest absolute Gasteiger partial charge is 0.398 e. The van der Waals surface area contributed by atoms with Gasteiger partial charge in [-0.05, 0) is 31.4 Å². The number of nitrogens with zero attached hydrogens (tertiary/aromatic N) is 2. The van der Waals surface area contributed by atoms with Crippen LogP contribution in [0.3, 0.4) is 0 Å². The van der Waals surface area contributed by atoms with Crippen LogP contribution < -0.4 is 5.73 Å². The lowest BCUT2D eigenvalue weighted by Gasteiger charge is -2.28. The smallest absolute Gasteiger partial charge is 0.264 e. The lowest BCUT2D eigenvalue weighted by Crippen LogP contribution is -2.44. The van der Waals surface area contributed by atoms with Crippen molar-refractivity contribution in [3.05, 3.63) is 29.3 Å². The Morgan fingerprint density at radius 3 is 2.48 bits per heavy atom. The van der Waals surface area contributed by atoms with Crippen molar-refractivity contribution in [2.24, 2.45) is 0 Å². The summed E-state index contributed by atoms with van der Waals surface area (Å²) in [4.78, 5) is 39.5. The molecule has 21 heavy (non-hydrogen) atoms. The highest BCUT2D eigenvalue weighted by Gasteiger charge is 2.38. The van der Waals surface area contributed by atoms with Gasteiger partial charge in [0, 0.05) is 18.8 Å². The third kappa shape index (κ3) is 2.26. The fraction of sp³-hybridized carbons (Fsp3) is 0.400. The summed E-state index contributed by atoms with van der Waals surface area (Å²) in [7, 11) is 0. The van der Waals surface area contributed by atoms with E-state index in [0.29, 0.717) is 13.1 Å². The van der Waals surface area contributed by atoms with E-state index in [0.717, 1.165) is 24.2 Å². The average molecular weight is 287 g/mol. The molecule has 3 rings (SSSR count).